The number of sulfonamides is 1. The van der Waals surface area contributed by atoms with Gasteiger partial charge in [0.25, 0.3) is 5.91 Å². The second kappa shape index (κ2) is 7.25. The molecule has 0 fully saturated rings. The second-order valence-electron chi connectivity index (χ2n) is 5.48. The minimum Gasteiger partial charge on any atom is -0.351 e. The molecule has 3 rings (SSSR count). The van der Waals surface area contributed by atoms with Crippen molar-refractivity contribution in [2.75, 3.05) is 17.0 Å². The number of nitrogens with one attached hydrogen (secondary N) is 2. The van der Waals surface area contributed by atoms with E-state index in [1.165, 1.54) is 24.3 Å². The van der Waals surface area contributed by atoms with E-state index in [-0.39, 0.29) is 12.3 Å². The zero-order valence-electron chi connectivity index (χ0n) is 13.6. The number of hydrogen-bond acceptors (Lipinski definition) is 5. The predicted molar refractivity (Wildman–Crippen MR) is 96.1 cm³/mol. The number of carbonyl (C=O) groups excluding carboxylic acids is 1. The monoisotopic (exact) mass is 369 g/mol. The Bertz CT molecular complexity index is 1080. The summed E-state index contributed by atoms with van der Waals surface area (Å²) in [5, 5.41) is 15.3. The number of rotatable bonds is 6. The van der Waals surface area contributed by atoms with Crippen molar-refractivity contribution in [2.45, 2.75) is 0 Å². The lowest BCUT2D eigenvalue weighted by molar-refractivity contribution is 0.0956. The molecule has 1 amide bonds. The third-order valence-corrected chi connectivity index (χ3v) is 4.89. The van der Waals surface area contributed by atoms with Gasteiger partial charge < -0.3 is 5.32 Å². The lowest BCUT2D eigenvalue weighted by Crippen LogP contribution is -2.31. The van der Waals surface area contributed by atoms with Crippen LogP contribution in [0.1, 0.15) is 15.9 Å². The van der Waals surface area contributed by atoms with E-state index in [1.807, 2.05) is 6.07 Å². The Morgan fingerprint density at radius 1 is 1.19 bits per heavy atom. The maximum Gasteiger partial charge on any atom is 0.251 e. The summed E-state index contributed by atoms with van der Waals surface area (Å²) in [6.07, 6.45) is 3.27. The number of nitriles is 1. The molecule has 0 atom stereocenters. The molecule has 1 aromatic carbocycles. The van der Waals surface area contributed by atoms with Crippen LogP contribution in [0.25, 0.3) is 5.52 Å². The van der Waals surface area contributed by atoms with Gasteiger partial charge in [-0.3, -0.25) is 9.52 Å². The van der Waals surface area contributed by atoms with Crippen LogP contribution in [0.15, 0.2) is 54.9 Å². The highest BCUT2D eigenvalue weighted by Crippen LogP contribution is 2.13. The summed E-state index contributed by atoms with van der Waals surface area (Å²) in [6.45, 7) is -0.0386. The third-order valence-electron chi connectivity index (χ3n) is 3.61. The van der Waals surface area contributed by atoms with Gasteiger partial charge >= 0.3 is 0 Å². The average molecular weight is 369 g/mol. The van der Waals surface area contributed by atoms with Crippen molar-refractivity contribution in [1.29, 1.82) is 5.26 Å². The molecule has 0 spiro atoms. The smallest absolute Gasteiger partial charge is 0.251 e. The van der Waals surface area contributed by atoms with Gasteiger partial charge in [0.05, 0.1) is 28.6 Å². The maximum atomic E-state index is 12.2. The molecule has 0 saturated carbocycles. The van der Waals surface area contributed by atoms with Crippen LogP contribution in [0.2, 0.25) is 0 Å². The van der Waals surface area contributed by atoms with Crippen molar-refractivity contribution < 1.29 is 13.2 Å². The average Bonchev–Trinajstić information content (AvgIpc) is 3.09. The fourth-order valence-electron chi connectivity index (χ4n) is 2.31. The molecule has 3 aromatic rings. The zero-order valence-corrected chi connectivity index (χ0v) is 14.4. The van der Waals surface area contributed by atoms with Gasteiger partial charge in [-0.1, -0.05) is 0 Å². The normalized spacial score (nSPS) is 11.0. The Morgan fingerprint density at radius 2 is 1.96 bits per heavy atom. The first kappa shape index (κ1) is 17.4. The molecule has 2 N–H and O–H groups in total. The number of hydrogen-bond donors (Lipinski definition) is 2. The van der Waals surface area contributed by atoms with E-state index in [9.17, 15) is 13.2 Å². The quantitative estimate of drug-likeness (QED) is 0.681. The van der Waals surface area contributed by atoms with Gasteiger partial charge in [0.2, 0.25) is 10.0 Å². The van der Waals surface area contributed by atoms with Gasteiger partial charge in [-0.25, -0.2) is 12.9 Å². The van der Waals surface area contributed by atoms with Crippen molar-refractivity contribution in [3.8, 4) is 6.07 Å². The highest BCUT2D eigenvalue weighted by molar-refractivity contribution is 7.92. The minimum atomic E-state index is -3.61. The first-order valence-corrected chi connectivity index (χ1v) is 9.34. The van der Waals surface area contributed by atoms with Crippen LogP contribution >= 0.6 is 0 Å². The standard InChI is InChI=1S/C17H15N5O3S/c18-12-13-1-3-14(4-2-13)17(23)19-8-10-26(24,25)21-15-6-9-22-16(11-15)5-7-20-22/h1-7,9,11,21H,8,10H2,(H,19,23). The molecule has 0 saturated heterocycles. The number of anilines is 1. The summed E-state index contributed by atoms with van der Waals surface area (Å²) in [5.74, 6) is -0.662. The Kier molecular flexibility index (Phi) is 4.86. The molecule has 0 unspecified atom stereocenters. The van der Waals surface area contributed by atoms with E-state index in [1.54, 1.807) is 35.1 Å². The summed E-state index contributed by atoms with van der Waals surface area (Å²) in [5.41, 5.74) is 2.00. The third kappa shape index (κ3) is 4.17. The summed E-state index contributed by atoms with van der Waals surface area (Å²) in [6, 6.07) is 13.1. The molecule has 0 aliphatic carbocycles. The molecular formula is C17H15N5O3S. The van der Waals surface area contributed by atoms with Gasteiger partial charge in [0.1, 0.15) is 0 Å². The van der Waals surface area contributed by atoms with Gasteiger partial charge in [-0.15, -0.1) is 0 Å². The van der Waals surface area contributed by atoms with Crippen LogP contribution in [-0.4, -0.2) is 36.2 Å². The number of benzene rings is 1. The Balaban J connectivity index is 1.55. The fourth-order valence-corrected chi connectivity index (χ4v) is 3.27. The number of aromatic nitrogens is 2. The van der Waals surface area contributed by atoms with Gasteiger partial charge in [0.15, 0.2) is 0 Å². The molecular weight excluding hydrogens is 354 g/mol. The van der Waals surface area contributed by atoms with Crippen molar-refractivity contribution in [1.82, 2.24) is 14.9 Å². The topological polar surface area (TPSA) is 116 Å². The number of pyridine rings is 1. The predicted octanol–water partition coefficient (Wildman–Crippen LogP) is 1.38. The van der Waals surface area contributed by atoms with Gasteiger partial charge in [-0.2, -0.15) is 10.4 Å². The van der Waals surface area contributed by atoms with Crippen molar-refractivity contribution in [3.63, 3.8) is 0 Å². The van der Waals surface area contributed by atoms with Crippen LogP contribution in [0, 0.1) is 11.3 Å². The van der Waals surface area contributed by atoms with Gasteiger partial charge in [-0.05, 0) is 42.5 Å². The number of fused-ring (bicyclic) bond motifs is 1. The van der Waals surface area contributed by atoms with Crippen LogP contribution in [0.5, 0.6) is 0 Å². The van der Waals surface area contributed by atoms with Crippen LogP contribution < -0.4 is 10.0 Å². The summed E-state index contributed by atoms with van der Waals surface area (Å²) in [7, 11) is -3.61. The van der Waals surface area contributed by atoms with Crippen molar-refractivity contribution in [3.05, 3.63) is 66.0 Å². The summed E-state index contributed by atoms with van der Waals surface area (Å²) >= 11 is 0. The molecule has 0 radical (unpaired) electrons. The highest BCUT2D eigenvalue weighted by atomic mass is 32.2. The summed E-state index contributed by atoms with van der Waals surface area (Å²) in [4.78, 5) is 12.0. The molecule has 0 bridgehead atoms. The molecule has 0 aliphatic heterocycles. The van der Waals surface area contributed by atoms with Gasteiger partial charge in [0, 0.05) is 24.5 Å². The maximum absolute atomic E-state index is 12.2. The molecule has 2 aromatic heterocycles. The number of carbonyl (C=O) groups is 1. The highest BCUT2D eigenvalue weighted by Gasteiger charge is 2.12. The molecule has 0 aliphatic rings. The first-order chi connectivity index (χ1) is 12.5. The fraction of sp³-hybridized carbons (Fsp3) is 0.118. The zero-order chi connectivity index (χ0) is 18.6. The second-order valence-corrected chi connectivity index (χ2v) is 7.32. The van der Waals surface area contributed by atoms with E-state index in [0.29, 0.717) is 16.8 Å². The van der Waals surface area contributed by atoms with E-state index >= 15 is 0 Å². The minimum absolute atomic E-state index is 0.0386. The summed E-state index contributed by atoms with van der Waals surface area (Å²) < 4.78 is 28.4. The van der Waals surface area contributed by atoms with E-state index in [0.717, 1.165) is 5.52 Å². The van der Waals surface area contributed by atoms with E-state index < -0.39 is 15.9 Å². The SMILES string of the molecule is N#Cc1ccc(C(=O)NCCS(=O)(=O)Nc2ccn3nccc3c2)cc1. The number of amides is 1. The van der Waals surface area contributed by atoms with E-state index in [4.69, 9.17) is 5.26 Å². The van der Waals surface area contributed by atoms with Crippen LogP contribution in [0.4, 0.5) is 5.69 Å². The van der Waals surface area contributed by atoms with Crippen LogP contribution in [-0.2, 0) is 10.0 Å². The van der Waals surface area contributed by atoms with Crippen LogP contribution in [0.3, 0.4) is 0 Å². The molecule has 26 heavy (non-hydrogen) atoms. The Morgan fingerprint density at radius 3 is 2.69 bits per heavy atom. The Labute approximate surface area is 150 Å². The molecule has 8 nitrogen and oxygen atoms in total. The lowest BCUT2D eigenvalue weighted by atomic mass is 10.1. The van der Waals surface area contributed by atoms with Crippen molar-refractivity contribution in [2.24, 2.45) is 0 Å². The van der Waals surface area contributed by atoms with E-state index in [2.05, 4.69) is 15.1 Å². The molecule has 132 valence electrons. The Hall–Kier alpha value is -3.38. The molecule has 2 heterocycles. The molecule has 9 heteroatoms. The largest absolute Gasteiger partial charge is 0.351 e. The van der Waals surface area contributed by atoms with Crippen molar-refractivity contribution >= 4 is 27.1 Å². The number of nitrogens with zero attached hydrogens (tertiary/aromatic N) is 3. The lowest BCUT2D eigenvalue weighted by Gasteiger charge is -2.09. The first-order valence-electron chi connectivity index (χ1n) is 7.69.